The summed E-state index contributed by atoms with van der Waals surface area (Å²) in [6.45, 7) is 6.36. The quantitative estimate of drug-likeness (QED) is 0.767. The van der Waals surface area contributed by atoms with Gasteiger partial charge in [-0.25, -0.2) is 0 Å². The van der Waals surface area contributed by atoms with E-state index in [1.165, 1.54) is 6.42 Å². The van der Waals surface area contributed by atoms with Gasteiger partial charge in [-0.15, -0.1) is 0 Å². The second-order valence-corrected chi connectivity index (χ2v) is 7.32. The summed E-state index contributed by atoms with van der Waals surface area (Å²) in [5, 5.41) is 3.61. The highest BCUT2D eigenvalue weighted by molar-refractivity contribution is 9.11. The summed E-state index contributed by atoms with van der Waals surface area (Å²) in [7, 11) is 4.23. The molecule has 0 aliphatic rings. The van der Waals surface area contributed by atoms with Crippen LogP contribution in [0.4, 0.5) is 0 Å². The van der Waals surface area contributed by atoms with E-state index in [0.29, 0.717) is 12.0 Å². The third-order valence-electron chi connectivity index (χ3n) is 2.78. The molecule has 0 aromatic carbocycles. The van der Waals surface area contributed by atoms with Gasteiger partial charge in [-0.05, 0) is 64.4 Å². The Morgan fingerprint density at radius 1 is 1.32 bits per heavy atom. The number of hydrogen-bond donors (Lipinski definition) is 1. The molecule has 3 nitrogen and oxygen atoms in total. The Hall–Kier alpha value is 0.0300. The molecule has 0 bridgehead atoms. The third kappa shape index (κ3) is 6.84. The molecule has 0 aliphatic heterocycles. The van der Waals surface area contributed by atoms with Gasteiger partial charge in [0.25, 0.3) is 0 Å². The molecule has 19 heavy (non-hydrogen) atoms. The van der Waals surface area contributed by atoms with Crippen LogP contribution < -0.4 is 5.32 Å². The first-order valence-electron chi connectivity index (χ1n) is 6.56. The van der Waals surface area contributed by atoms with Gasteiger partial charge in [0.1, 0.15) is 0 Å². The van der Waals surface area contributed by atoms with Crippen molar-refractivity contribution in [1.82, 2.24) is 15.2 Å². The van der Waals surface area contributed by atoms with Crippen LogP contribution in [-0.4, -0.2) is 36.6 Å². The zero-order valence-corrected chi connectivity index (χ0v) is 15.3. The Labute approximate surface area is 133 Å². The molecule has 1 N–H and O–H groups in total. The second-order valence-electron chi connectivity index (χ2n) is 5.55. The normalized spacial score (nSPS) is 13.3. The Morgan fingerprint density at radius 2 is 2.00 bits per heavy atom. The van der Waals surface area contributed by atoms with Crippen molar-refractivity contribution in [3.63, 3.8) is 0 Å². The van der Waals surface area contributed by atoms with E-state index in [-0.39, 0.29) is 0 Å². The Morgan fingerprint density at radius 3 is 2.53 bits per heavy atom. The molecule has 1 heterocycles. The van der Waals surface area contributed by atoms with Crippen molar-refractivity contribution < 1.29 is 0 Å². The highest BCUT2D eigenvalue weighted by Crippen LogP contribution is 2.19. The molecule has 5 heteroatoms. The second kappa shape index (κ2) is 8.35. The topological polar surface area (TPSA) is 28.2 Å². The molecule has 108 valence electrons. The summed E-state index contributed by atoms with van der Waals surface area (Å²) in [5.41, 5.74) is 1.05. The lowest BCUT2D eigenvalue weighted by molar-refractivity contribution is 0.304. The molecular weight excluding hydrogens is 370 g/mol. The van der Waals surface area contributed by atoms with Crippen LogP contribution in [0.25, 0.3) is 0 Å². The van der Waals surface area contributed by atoms with Crippen LogP contribution in [0, 0.1) is 5.92 Å². The first-order chi connectivity index (χ1) is 8.88. The number of pyridine rings is 1. The fourth-order valence-corrected chi connectivity index (χ4v) is 3.17. The fourth-order valence-electron chi connectivity index (χ4n) is 2.05. The van der Waals surface area contributed by atoms with Gasteiger partial charge in [-0.1, -0.05) is 13.8 Å². The van der Waals surface area contributed by atoms with Gasteiger partial charge in [0.15, 0.2) is 0 Å². The van der Waals surface area contributed by atoms with Crippen molar-refractivity contribution in [3.8, 4) is 0 Å². The van der Waals surface area contributed by atoms with Gasteiger partial charge < -0.3 is 10.2 Å². The van der Waals surface area contributed by atoms with E-state index in [0.717, 1.165) is 27.7 Å². The predicted octanol–water partition coefficient (Wildman–Crippen LogP) is 3.67. The molecule has 0 saturated heterocycles. The molecule has 1 rings (SSSR count). The zero-order chi connectivity index (χ0) is 14.4. The number of nitrogens with one attached hydrogen (secondary N) is 1. The van der Waals surface area contributed by atoms with Crippen LogP contribution in [0.15, 0.2) is 21.2 Å². The molecule has 0 saturated carbocycles. The maximum Gasteiger partial charge on any atom is 0.0684 e. The van der Waals surface area contributed by atoms with Crippen molar-refractivity contribution >= 4 is 31.9 Å². The van der Waals surface area contributed by atoms with E-state index in [1.54, 1.807) is 0 Å². The van der Waals surface area contributed by atoms with Gasteiger partial charge in [0.2, 0.25) is 0 Å². The molecular formula is C14H23Br2N3. The summed E-state index contributed by atoms with van der Waals surface area (Å²) < 4.78 is 2.04. The Balaban J connectivity index is 2.59. The van der Waals surface area contributed by atoms with Gasteiger partial charge in [-0.3, -0.25) is 4.98 Å². The lowest BCUT2D eigenvalue weighted by atomic mass is 10.0. The highest BCUT2D eigenvalue weighted by Gasteiger charge is 2.12. The van der Waals surface area contributed by atoms with Crippen LogP contribution in [0.1, 0.15) is 26.0 Å². The molecule has 0 aliphatic carbocycles. The average molecular weight is 393 g/mol. The monoisotopic (exact) mass is 391 g/mol. The highest BCUT2D eigenvalue weighted by atomic mass is 79.9. The number of likely N-dealkylation sites (N-methyl/N-ethyl adjacent to an activating group) is 1. The van der Waals surface area contributed by atoms with Crippen LogP contribution >= 0.6 is 31.9 Å². The van der Waals surface area contributed by atoms with Crippen LogP contribution in [0.2, 0.25) is 0 Å². The van der Waals surface area contributed by atoms with E-state index in [4.69, 9.17) is 0 Å². The van der Waals surface area contributed by atoms with E-state index in [2.05, 4.69) is 75.0 Å². The SMILES string of the molecule is CC(C)CC(CN(C)C)NCc1ncc(Br)cc1Br. The summed E-state index contributed by atoms with van der Waals surface area (Å²) >= 11 is 6.98. The summed E-state index contributed by atoms with van der Waals surface area (Å²) in [5.74, 6) is 0.693. The summed E-state index contributed by atoms with van der Waals surface area (Å²) in [4.78, 5) is 6.66. The minimum atomic E-state index is 0.493. The van der Waals surface area contributed by atoms with E-state index in [1.807, 2.05) is 12.3 Å². The standard InChI is InChI=1S/C14H23Br2N3/c1-10(2)5-12(9-19(3)4)17-8-14-13(16)6-11(15)7-18-14/h6-7,10,12,17H,5,8-9H2,1-4H3. The predicted molar refractivity (Wildman–Crippen MR) is 88.3 cm³/mol. The van der Waals surface area contributed by atoms with Gasteiger partial charge in [0.05, 0.1) is 5.69 Å². The van der Waals surface area contributed by atoms with Crippen molar-refractivity contribution in [2.45, 2.75) is 32.9 Å². The fraction of sp³-hybridized carbons (Fsp3) is 0.643. The molecule has 0 radical (unpaired) electrons. The van der Waals surface area contributed by atoms with Gasteiger partial charge >= 0.3 is 0 Å². The van der Waals surface area contributed by atoms with Crippen molar-refractivity contribution in [1.29, 1.82) is 0 Å². The average Bonchev–Trinajstić information content (AvgIpc) is 2.25. The summed E-state index contributed by atoms with van der Waals surface area (Å²) in [6, 6.07) is 2.53. The lowest BCUT2D eigenvalue weighted by Crippen LogP contribution is -2.39. The maximum atomic E-state index is 4.44. The van der Waals surface area contributed by atoms with Crippen LogP contribution in [0.3, 0.4) is 0 Å². The first kappa shape index (κ1) is 17.1. The van der Waals surface area contributed by atoms with Crippen molar-refractivity contribution in [2.24, 2.45) is 5.92 Å². The van der Waals surface area contributed by atoms with Gasteiger partial charge in [-0.2, -0.15) is 0 Å². The maximum absolute atomic E-state index is 4.44. The van der Waals surface area contributed by atoms with Crippen LogP contribution in [0.5, 0.6) is 0 Å². The zero-order valence-electron chi connectivity index (χ0n) is 12.1. The minimum Gasteiger partial charge on any atom is -0.308 e. The number of rotatable bonds is 7. The van der Waals surface area contributed by atoms with E-state index >= 15 is 0 Å². The molecule has 1 aromatic rings. The molecule has 0 amide bonds. The van der Waals surface area contributed by atoms with E-state index in [9.17, 15) is 0 Å². The smallest absolute Gasteiger partial charge is 0.0684 e. The van der Waals surface area contributed by atoms with E-state index < -0.39 is 0 Å². The molecule has 1 atom stereocenters. The first-order valence-corrected chi connectivity index (χ1v) is 8.15. The number of hydrogen-bond acceptors (Lipinski definition) is 3. The molecule has 1 aromatic heterocycles. The van der Waals surface area contributed by atoms with Gasteiger partial charge in [0, 0.05) is 34.3 Å². The third-order valence-corrected chi connectivity index (χ3v) is 3.90. The number of nitrogens with zero attached hydrogens (tertiary/aromatic N) is 2. The molecule has 1 unspecified atom stereocenters. The van der Waals surface area contributed by atoms with Crippen LogP contribution in [-0.2, 0) is 6.54 Å². The van der Waals surface area contributed by atoms with Crippen molar-refractivity contribution in [3.05, 3.63) is 26.9 Å². The summed E-state index contributed by atoms with van der Waals surface area (Å²) in [6.07, 6.45) is 3.01. The number of halogens is 2. The number of aromatic nitrogens is 1. The Bertz CT molecular complexity index is 384. The lowest BCUT2D eigenvalue weighted by Gasteiger charge is -2.24. The minimum absolute atomic E-state index is 0.493. The largest absolute Gasteiger partial charge is 0.308 e. The Kier molecular flexibility index (Phi) is 7.50. The molecule has 0 fully saturated rings. The van der Waals surface area contributed by atoms with Crippen molar-refractivity contribution in [2.75, 3.05) is 20.6 Å². The molecule has 0 spiro atoms.